The molecule has 24 heavy (non-hydrogen) atoms. The first kappa shape index (κ1) is 17.3. The van der Waals surface area contributed by atoms with Crippen LogP contribution in [0.25, 0.3) is 5.00 Å². The Kier molecular flexibility index (Phi) is 4.63. The third-order valence-electron chi connectivity index (χ3n) is 2.46. The maximum atomic E-state index is 12.9. The summed E-state index contributed by atoms with van der Waals surface area (Å²) in [6.45, 7) is 0. The van der Waals surface area contributed by atoms with Gasteiger partial charge in [0.2, 0.25) is 5.16 Å². The fourth-order valence-corrected chi connectivity index (χ4v) is 4.82. The third-order valence-corrected chi connectivity index (χ3v) is 6.10. The first-order chi connectivity index (χ1) is 11.3. The lowest BCUT2D eigenvalue weighted by atomic mass is 10.3. The fraction of sp³-hybridized carbons (Fsp3) is 0.100. The van der Waals surface area contributed by atoms with Crippen LogP contribution in [0.1, 0.15) is 15.4 Å². The van der Waals surface area contributed by atoms with E-state index >= 15 is 0 Å². The summed E-state index contributed by atoms with van der Waals surface area (Å²) in [5.74, 6) is -1.69. The molecule has 0 bridgehead atoms. The van der Waals surface area contributed by atoms with Crippen molar-refractivity contribution in [3.63, 3.8) is 0 Å². The molecule has 0 aliphatic heterocycles. The fourth-order valence-electron chi connectivity index (χ4n) is 1.56. The monoisotopic (exact) mass is 457 g/mol. The van der Waals surface area contributed by atoms with E-state index in [2.05, 4.69) is 36.4 Å². The zero-order valence-electron chi connectivity index (χ0n) is 11.0. The molecule has 0 atom stereocenters. The SMILES string of the molecule is O=C(O)c1sc(Sc2nnnn2-c2ccc(Br)s2)nc1C(F)(F)F. The van der Waals surface area contributed by atoms with Gasteiger partial charge in [-0.25, -0.2) is 9.78 Å². The molecule has 0 aromatic carbocycles. The molecule has 14 heteroatoms. The van der Waals surface area contributed by atoms with Crippen LogP contribution in [0.3, 0.4) is 0 Å². The second-order valence-corrected chi connectivity index (χ2v) is 8.67. The lowest BCUT2D eigenvalue weighted by Crippen LogP contribution is -2.11. The molecule has 3 heterocycles. The van der Waals surface area contributed by atoms with Crippen molar-refractivity contribution in [3.05, 3.63) is 26.5 Å². The Morgan fingerprint density at radius 2 is 2.08 bits per heavy atom. The van der Waals surface area contributed by atoms with Crippen molar-refractivity contribution in [2.24, 2.45) is 0 Å². The zero-order chi connectivity index (χ0) is 17.5. The topological polar surface area (TPSA) is 93.8 Å². The number of aromatic carboxylic acids is 1. The molecule has 0 saturated carbocycles. The number of carboxylic acid groups (broad SMARTS) is 1. The van der Waals surface area contributed by atoms with Gasteiger partial charge in [-0.2, -0.15) is 17.9 Å². The Bertz CT molecular complexity index is 906. The van der Waals surface area contributed by atoms with Crippen LogP contribution in [-0.2, 0) is 6.18 Å². The largest absolute Gasteiger partial charge is 0.477 e. The number of hydrogen-bond acceptors (Lipinski definition) is 8. The van der Waals surface area contributed by atoms with Crippen molar-refractivity contribution in [2.45, 2.75) is 15.7 Å². The summed E-state index contributed by atoms with van der Waals surface area (Å²) < 4.78 is 40.6. The van der Waals surface area contributed by atoms with Gasteiger partial charge in [-0.15, -0.1) is 16.4 Å². The van der Waals surface area contributed by atoms with Gasteiger partial charge < -0.3 is 5.11 Å². The Hall–Kier alpha value is -1.51. The third kappa shape index (κ3) is 3.45. The number of thiazole rings is 1. The summed E-state index contributed by atoms with van der Waals surface area (Å²) >= 11 is 5.78. The van der Waals surface area contributed by atoms with Gasteiger partial charge >= 0.3 is 12.1 Å². The number of thiophene rings is 1. The van der Waals surface area contributed by atoms with Gasteiger partial charge in [-0.05, 0) is 50.3 Å². The summed E-state index contributed by atoms with van der Waals surface area (Å²) in [6, 6.07) is 3.49. The van der Waals surface area contributed by atoms with Crippen molar-refractivity contribution in [1.29, 1.82) is 0 Å². The normalized spacial score (nSPS) is 11.8. The number of nitrogens with zero attached hydrogens (tertiary/aromatic N) is 5. The first-order valence-electron chi connectivity index (χ1n) is 5.79. The number of hydrogen-bond donors (Lipinski definition) is 1. The van der Waals surface area contributed by atoms with Crippen LogP contribution in [0.2, 0.25) is 0 Å². The Balaban J connectivity index is 1.96. The highest BCUT2D eigenvalue weighted by Gasteiger charge is 2.40. The highest BCUT2D eigenvalue weighted by Crippen LogP contribution is 2.39. The minimum absolute atomic E-state index is 0.119. The highest BCUT2D eigenvalue weighted by molar-refractivity contribution is 9.11. The smallest absolute Gasteiger partial charge is 0.435 e. The number of aromatic nitrogens is 5. The van der Waals surface area contributed by atoms with Crippen molar-refractivity contribution in [1.82, 2.24) is 25.2 Å². The maximum absolute atomic E-state index is 12.9. The molecular formula is C10H3BrF3N5O2S3. The lowest BCUT2D eigenvalue weighted by molar-refractivity contribution is -0.141. The van der Waals surface area contributed by atoms with E-state index in [0.717, 1.165) is 15.5 Å². The molecule has 126 valence electrons. The van der Waals surface area contributed by atoms with Crippen molar-refractivity contribution < 1.29 is 23.1 Å². The van der Waals surface area contributed by atoms with E-state index < -0.39 is 22.7 Å². The van der Waals surface area contributed by atoms with Crippen molar-refractivity contribution in [2.75, 3.05) is 0 Å². The summed E-state index contributed by atoms with van der Waals surface area (Å²) in [6.07, 6.45) is -4.85. The molecule has 3 aromatic rings. The molecule has 0 saturated heterocycles. The quantitative estimate of drug-likeness (QED) is 0.636. The zero-order valence-corrected chi connectivity index (χ0v) is 15.0. The van der Waals surface area contributed by atoms with E-state index in [4.69, 9.17) is 5.11 Å². The molecule has 3 aromatic heterocycles. The standard InChI is InChI=1S/C10H3BrF3N5O2S3/c11-3-1-2-4(22-3)19-8(16-17-18-19)24-9-15-6(10(12,13)14)5(23-9)7(20)21/h1-2H,(H,20,21). The lowest BCUT2D eigenvalue weighted by Gasteiger charge is -2.02. The molecule has 0 aliphatic carbocycles. The molecule has 3 rings (SSSR count). The van der Waals surface area contributed by atoms with Gasteiger partial charge in [0.1, 0.15) is 9.88 Å². The molecule has 1 N–H and O–H groups in total. The second kappa shape index (κ2) is 6.42. The van der Waals surface area contributed by atoms with Crippen LogP contribution in [0, 0.1) is 0 Å². The van der Waals surface area contributed by atoms with Crippen LogP contribution >= 0.6 is 50.4 Å². The second-order valence-electron chi connectivity index (χ2n) is 4.01. The van der Waals surface area contributed by atoms with Gasteiger partial charge in [-0.3, -0.25) is 0 Å². The van der Waals surface area contributed by atoms with Crippen molar-refractivity contribution >= 4 is 56.3 Å². The maximum Gasteiger partial charge on any atom is 0.435 e. The van der Waals surface area contributed by atoms with E-state index in [0.29, 0.717) is 16.3 Å². The molecule has 0 fully saturated rings. The van der Waals surface area contributed by atoms with Gasteiger partial charge in [0.25, 0.3) is 0 Å². The minimum Gasteiger partial charge on any atom is -0.477 e. The molecule has 0 aliphatic rings. The molecule has 0 spiro atoms. The van der Waals surface area contributed by atoms with E-state index in [9.17, 15) is 18.0 Å². The van der Waals surface area contributed by atoms with Gasteiger partial charge in [0.05, 0.1) is 3.79 Å². The number of alkyl halides is 3. The number of rotatable bonds is 4. The highest BCUT2D eigenvalue weighted by atomic mass is 79.9. The summed E-state index contributed by atoms with van der Waals surface area (Å²) in [5.41, 5.74) is -1.43. The number of carboxylic acids is 1. The van der Waals surface area contributed by atoms with Gasteiger partial charge in [0, 0.05) is 0 Å². The Morgan fingerprint density at radius 1 is 1.33 bits per heavy atom. The van der Waals surface area contributed by atoms with Gasteiger partial charge in [0.15, 0.2) is 10.0 Å². The molecular weight excluding hydrogens is 455 g/mol. The van der Waals surface area contributed by atoms with Crippen LogP contribution in [0.15, 0.2) is 25.4 Å². The van der Waals surface area contributed by atoms with Crippen LogP contribution in [0.4, 0.5) is 13.2 Å². The summed E-state index contributed by atoms with van der Waals surface area (Å²) in [4.78, 5) is 13.5. The first-order valence-corrected chi connectivity index (χ1v) is 9.03. The predicted octanol–water partition coefficient (Wildman–Crippen LogP) is 3.81. The van der Waals surface area contributed by atoms with E-state index in [-0.39, 0.29) is 9.50 Å². The molecule has 7 nitrogen and oxygen atoms in total. The van der Waals surface area contributed by atoms with E-state index in [1.165, 1.54) is 16.0 Å². The minimum atomic E-state index is -4.85. The van der Waals surface area contributed by atoms with Gasteiger partial charge in [-0.1, -0.05) is 11.3 Å². The number of halogens is 4. The summed E-state index contributed by atoms with van der Waals surface area (Å²) in [7, 11) is 0. The van der Waals surface area contributed by atoms with E-state index in [1.807, 2.05) is 0 Å². The number of carbonyl (C=O) groups is 1. The average molecular weight is 458 g/mol. The van der Waals surface area contributed by atoms with Crippen molar-refractivity contribution in [3.8, 4) is 5.00 Å². The molecule has 0 radical (unpaired) electrons. The Morgan fingerprint density at radius 3 is 2.62 bits per heavy atom. The molecule has 0 amide bonds. The van der Waals surface area contributed by atoms with Crippen LogP contribution < -0.4 is 0 Å². The van der Waals surface area contributed by atoms with E-state index in [1.54, 1.807) is 12.1 Å². The molecule has 0 unspecified atom stereocenters. The summed E-state index contributed by atoms with van der Waals surface area (Å²) in [5, 5.41) is 20.7. The Labute approximate surface area is 151 Å². The van der Waals surface area contributed by atoms with Crippen LogP contribution in [-0.4, -0.2) is 36.3 Å². The van der Waals surface area contributed by atoms with Crippen LogP contribution in [0.5, 0.6) is 0 Å². The number of tetrazole rings is 1. The average Bonchev–Trinajstić information content (AvgIpc) is 3.17. The predicted molar refractivity (Wildman–Crippen MR) is 82.9 cm³/mol.